The molecule has 0 aliphatic heterocycles. The molecule has 0 bridgehead atoms. The zero-order valence-corrected chi connectivity index (χ0v) is 10.2. The van der Waals surface area contributed by atoms with Gasteiger partial charge in [0.2, 0.25) is 0 Å². The van der Waals surface area contributed by atoms with Crippen LogP contribution in [0.15, 0.2) is 0 Å². The molecule has 0 radical (unpaired) electrons. The summed E-state index contributed by atoms with van der Waals surface area (Å²) < 4.78 is 0. The smallest absolute Gasteiger partial charge is 0.279 e. The molecule has 0 heterocycles. The summed E-state index contributed by atoms with van der Waals surface area (Å²) in [5, 5.41) is 23.1. The average Bonchev–Trinajstić information content (AvgIpc) is 2.22. The number of carboxylic acids is 2. The molecular formula is C9H15N2O5S-. The molecule has 0 aromatic carbocycles. The Hall–Kier alpha value is -1.28. The van der Waals surface area contributed by atoms with Crippen molar-refractivity contribution in [2.75, 3.05) is 12.0 Å². The topological polar surface area (TPSA) is 137 Å². The summed E-state index contributed by atoms with van der Waals surface area (Å²) in [5.74, 6) is -2.99. The van der Waals surface area contributed by atoms with E-state index in [1.807, 2.05) is 0 Å². The van der Waals surface area contributed by atoms with Crippen molar-refractivity contribution in [2.24, 2.45) is 0 Å². The van der Waals surface area contributed by atoms with E-state index in [1.165, 1.54) is 11.8 Å². The van der Waals surface area contributed by atoms with E-state index in [4.69, 9.17) is 0 Å². The number of carbonyl (C=O) groups excluding carboxylic acids is 3. The predicted octanol–water partition coefficient (Wildman–Crippen LogP) is -4.28. The van der Waals surface area contributed by atoms with E-state index >= 15 is 0 Å². The van der Waals surface area contributed by atoms with Crippen LogP contribution in [-0.2, 0) is 14.4 Å². The molecule has 7 nitrogen and oxygen atoms in total. The first-order chi connectivity index (χ1) is 7.88. The van der Waals surface area contributed by atoms with Crippen LogP contribution < -0.4 is 21.3 Å². The fraction of sp³-hybridized carbons (Fsp3) is 0.667. The molecule has 0 unspecified atom stereocenters. The number of quaternary nitrogens is 1. The monoisotopic (exact) mass is 263 g/mol. The Kier molecular flexibility index (Phi) is 7.31. The Morgan fingerprint density at radius 2 is 1.94 bits per heavy atom. The molecule has 98 valence electrons. The molecule has 4 N–H and O–H groups in total. The van der Waals surface area contributed by atoms with Crippen molar-refractivity contribution in [3.8, 4) is 0 Å². The summed E-state index contributed by atoms with van der Waals surface area (Å²) in [5.41, 5.74) is 3.32. The van der Waals surface area contributed by atoms with E-state index in [0.29, 0.717) is 5.75 Å². The second kappa shape index (κ2) is 7.91. The Labute approximate surface area is 103 Å². The van der Waals surface area contributed by atoms with Gasteiger partial charge in [-0.1, -0.05) is 0 Å². The first-order valence-electron chi connectivity index (χ1n) is 4.91. The lowest BCUT2D eigenvalue weighted by molar-refractivity contribution is -0.408. The van der Waals surface area contributed by atoms with Crippen LogP contribution in [0.1, 0.15) is 12.8 Å². The minimum atomic E-state index is -1.41. The van der Waals surface area contributed by atoms with Gasteiger partial charge >= 0.3 is 0 Å². The number of rotatable bonds is 8. The van der Waals surface area contributed by atoms with Gasteiger partial charge in [0.1, 0.15) is 0 Å². The number of carboxylic acid groups (broad SMARTS) is 2. The second-order valence-electron chi connectivity index (χ2n) is 3.43. The van der Waals surface area contributed by atoms with Gasteiger partial charge < -0.3 is 30.9 Å². The number of hydrogen-bond acceptors (Lipinski definition) is 6. The van der Waals surface area contributed by atoms with Gasteiger partial charge in [-0.15, -0.1) is 0 Å². The molecule has 0 fully saturated rings. The zero-order chi connectivity index (χ0) is 13.4. The van der Waals surface area contributed by atoms with Gasteiger partial charge in [0.05, 0.1) is 12.0 Å². The number of carbonyl (C=O) groups is 3. The summed E-state index contributed by atoms with van der Waals surface area (Å²) >= 11 is 1.43. The number of aliphatic carboxylic acids is 2. The van der Waals surface area contributed by atoms with Gasteiger partial charge in [-0.25, -0.2) is 0 Å². The van der Waals surface area contributed by atoms with Crippen molar-refractivity contribution < 1.29 is 30.3 Å². The van der Waals surface area contributed by atoms with Gasteiger partial charge in [0, 0.05) is 12.4 Å². The Morgan fingerprint density at radius 3 is 2.35 bits per heavy atom. The molecule has 0 spiro atoms. The van der Waals surface area contributed by atoms with Gasteiger partial charge in [0.15, 0.2) is 6.04 Å². The van der Waals surface area contributed by atoms with Crippen molar-refractivity contribution >= 4 is 29.6 Å². The lowest BCUT2D eigenvalue weighted by atomic mass is 10.1. The molecule has 2 atom stereocenters. The van der Waals surface area contributed by atoms with Crippen molar-refractivity contribution in [1.29, 1.82) is 0 Å². The van der Waals surface area contributed by atoms with Crippen LogP contribution in [0.4, 0.5) is 0 Å². The SMILES string of the molecule is CSCC[C@H](NC(=O)[C@@H]([NH3+])CC(=O)[O-])C(=O)[O-]. The lowest BCUT2D eigenvalue weighted by Gasteiger charge is -2.20. The number of thioether (sulfide) groups is 1. The molecule has 17 heavy (non-hydrogen) atoms. The van der Waals surface area contributed by atoms with Crippen LogP contribution in [0.2, 0.25) is 0 Å². The van der Waals surface area contributed by atoms with Crippen LogP contribution in [-0.4, -0.2) is 41.9 Å². The fourth-order valence-electron chi connectivity index (χ4n) is 1.07. The molecule has 0 aliphatic carbocycles. The second-order valence-corrected chi connectivity index (χ2v) is 4.42. The standard InChI is InChI=1S/C9H16N2O5S/c1-17-3-2-6(9(15)16)11-8(14)5(10)4-7(12)13/h5-6H,2-4,10H2,1H3,(H,11,14)(H,12,13)(H,15,16)/p-1/t5-,6-/m0/s1. The van der Waals surface area contributed by atoms with E-state index in [9.17, 15) is 24.6 Å². The van der Waals surface area contributed by atoms with Crippen molar-refractivity contribution in [2.45, 2.75) is 24.9 Å². The highest BCUT2D eigenvalue weighted by Gasteiger charge is 2.21. The zero-order valence-electron chi connectivity index (χ0n) is 9.43. The molecule has 1 amide bonds. The highest BCUT2D eigenvalue weighted by Crippen LogP contribution is 2.00. The minimum Gasteiger partial charge on any atom is -0.550 e. The number of nitrogens with one attached hydrogen (secondary N) is 1. The fourth-order valence-corrected chi connectivity index (χ4v) is 1.54. The Bertz CT molecular complexity index is 297. The van der Waals surface area contributed by atoms with E-state index < -0.39 is 36.4 Å². The van der Waals surface area contributed by atoms with Gasteiger partial charge in [-0.05, 0) is 18.4 Å². The molecule has 0 aromatic heterocycles. The summed E-state index contributed by atoms with van der Waals surface area (Å²) in [6.07, 6.45) is 1.47. The van der Waals surface area contributed by atoms with Crippen molar-refractivity contribution in [3.63, 3.8) is 0 Å². The Morgan fingerprint density at radius 1 is 1.35 bits per heavy atom. The lowest BCUT2D eigenvalue weighted by Crippen LogP contribution is -2.70. The third-order valence-electron chi connectivity index (χ3n) is 2.00. The van der Waals surface area contributed by atoms with Gasteiger partial charge in [-0.2, -0.15) is 11.8 Å². The number of hydrogen-bond donors (Lipinski definition) is 2. The summed E-state index contributed by atoms with van der Waals surface area (Å²) in [7, 11) is 0. The third kappa shape index (κ3) is 6.80. The summed E-state index contributed by atoms with van der Waals surface area (Å²) in [6, 6.07) is -2.20. The molecule has 0 saturated heterocycles. The van der Waals surface area contributed by atoms with Crippen molar-refractivity contribution in [3.05, 3.63) is 0 Å². The van der Waals surface area contributed by atoms with Gasteiger partial charge in [-0.3, -0.25) is 4.79 Å². The number of amides is 1. The quantitative estimate of drug-likeness (QED) is 0.454. The third-order valence-corrected chi connectivity index (χ3v) is 2.64. The van der Waals surface area contributed by atoms with E-state index in [2.05, 4.69) is 11.1 Å². The van der Waals surface area contributed by atoms with Gasteiger partial charge in [0.25, 0.3) is 5.91 Å². The maximum Gasteiger partial charge on any atom is 0.279 e. The van der Waals surface area contributed by atoms with Crippen LogP contribution in [0.5, 0.6) is 0 Å². The van der Waals surface area contributed by atoms with E-state index in [1.54, 1.807) is 6.26 Å². The van der Waals surface area contributed by atoms with E-state index in [-0.39, 0.29) is 6.42 Å². The molecule has 0 aliphatic rings. The highest BCUT2D eigenvalue weighted by atomic mass is 32.2. The summed E-state index contributed by atoms with van der Waals surface area (Å²) in [4.78, 5) is 32.3. The minimum absolute atomic E-state index is 0.216. The van der Waals surface area contributed by atoms with Crippen molar-refractivity contribution in [1.82, 2.24) is 5.32 Å². The maximum atomic E-state index is 11.4. The molecule has 0 aromatic rings. The molecule has 0 saturated carbocycles. The first-order valence-corrected chi connectivity index (χ1v) is 6.31. The predicted molar refractivity (Wildman–Crippen MR) is 56.2 cm³/mol. The van der Waals surface area contributed by atoms with Crippen LogP contribution >= 0.6 is 11.8 Å². The van der Waals surface area contributed by atoms with Crippen LogP contribution in [0.3, 0.4) is 0 Å². The average molecular weight is 263 g/mol. The van der Waals surface area contributed by atoms with E-state index in [0.717, 1.165) is 0 Å². The summed E-state index contributed by atoms with van der Waals surface area (Å²) in [6.45, 7) is 0. The molecular weight excluding hydrogens is 248 g/mol. The molecule has 0 rings (SSSR count). The van der Waals surface area contributed by atoms with Crippen LogP contribution in [0, 0.1) is 0 Å². The normalized spacial score (nSPS) is 13.8. The highest BCUT2D eigenvalue weighted by molar-refractivity contribution is 7.98. The molecule has 8 heteroatoms. The van der Waals surface area contributed by atoms with Crippen LogP contribution in [0.25, 0.3) is 0 Å². The maximum absolute atomic E-state index is 11.4. The Balaban J connectivity index is 4.29. The largest absolute Gasteiger partial charge is 0.550 e. The first kappa shape index (κ1) is 15.7.